The maximum atomic E-state index is 11.7. The predicted octanol–water partition coefficient (Wildman–Crippen LogP) is 2.29. The fourth-order valence-electron chi connectivity index (χ4n) is 1.93. The first-order valence-corrected chi connectivity index (χ1v) is 6.18. The topological polar surface area (TPSA) is 47.6 Å². The van der Waals surface area contributed by atoms with Gasteiger partial charge in [-0.1, -0.05) is 0 Å². The summed E-state index contributed by atoms with van der Waals surface area (Å²) in [5.41, 5.74) is 0.965. The highest BCUT2D eigenvalue weighted by molar-refractivity contribution is 5.81. The van der Waals surface area contributed by atoms with Gasteiger partial charge in [-0.25, -0.2) is 0 Å². The van der Waals surface area contributed by atoms with Crippen LogP contribution in [0.4, 0.5) is 0 Å². The van der Waals surface area contributed by atoms with Crippen LogP contribution < -0.4 is 14.8 Å². The van der Waals surface area contributed by atoms with E-state index in [9.17, 15) is 4.79 Å². The zero-order chi connectivity index (χ0) is 13.1. The van der Waals surface area contributed by atoms with E-state index in [1.807, 2.05) is 25.1 Å². The number of hydrogen-bond donors (Lipinski definition) is 1. The van der Waals surface area contributed by atoms with Gasteiger partial charge in [0.25, 0.3) is 0 Å². The summed E-state index contributed by atoms with van der Waals surface area (Å²) < 4.78 is 10.5. The summed E-state index contributed by atoms with van der Waals surface area (Å²) in [6.07, 6.45) is 2.02. The van der Waals surface area contributed by atoms with Gasteiger partial charge in [-0.2, -0.15) is 0 Å². The molecule has 1 amide bonds. The van der Waals surface area contributed by atoms with Gasteiger partial charge in [-0.15, -0.1) is 0 Å². The van der Waals surface area contributed by atoms with E-state index in [1.165, 1.54) is 0 Å². The van der Waals surface area contributed by atoms with E-state index in [1.54, 1.807) is 14.2 Å². The van der Waals surface area contributed by atoms with Gasteiger partial charge >= 0.3 is 0 Å². The number of amides is 1. The van der Waals surface area contributed by atoms with Crippen LogP contribution in [0.5, 0.6) is 11.5 Å². The maximum absolute atomic E-state index is 11.7. The first-order valence-electron chi connectivity index (χ1n) is 6.18. The van der Waals surface area contributed by atoms with Crippen molar-refractivity contribution in [2.75, 3.05) is 14.2 Å². The Balaban J connectivity index is 2.12. The monoisotopic (exact) mass is 249 g/mol. The number of carbonyl (C=O) groups is 1. The van der Waals surface area contributed by atoms with Crippen molar-refractivity contribution in [1.29, 1.82) is 0 Å². The van der Waals surface area contributed by atoms with E-state index >= 15 is 0 Å². The average Bonchev–Trinajstić information content (AvgIpc) is 3.22. The smallest absolute Gasteiger partial charge is 0.223 e. The maximum Gasteiger partial charge on any atom is 0.223 e. The lowest BCUT2D eigenvalue weighted by atomic mass is 10.1. The number of carbonyl (C=O) groups excluding carboxylic acids is 1. The molecule has 0 radical (unpaired) electrons. The van der Waals surface area contributed by atoms with E-state index in [-0.39, 0.29) is 17.9 Å². The summed E-state index contributed by atoms with van der Waals surface area (Å²) in [4.78, 5) is 11.7. The average molecular weight is 249 g/mol. The van der Waals surface area contributed by atoms with Crippen molar-refractivity contribution in [3.63, 3.8) is 0 Å². The van der Waals surface area contributed by atoms with Crippen molar-refractivity contribution in [2.45, 2.75) is 25.8 Å². The van der Waals surface area contributed by atoms with Crippen LogP contribution in [0, 0.1) is 5.92 Å². The zero-order valence-corrected chi connectivity index (χ0v) is 11.0. The molecule has 1 unspecified atom stereocenters. The molecule has 0 spiro atoms. The minimum Gasteiger partial charge on any atom is -0.497 e. The molecule has 4 nitrogen and oxygen atoms in total. The first-order chi connectivity index (χ1) is 8.65. The van der Waals surface area contributed by atoms with Crippen molar-refractivity contribution in [2.24, 2.45) is 5.92 Å². The highest BCUT2D eigenvalue weighted by Gasteiger charge is 2.30. The van der Waals surface area contributed by atoms with Crippen LogP contribution in [-0.4, -0.2) is 20.1 Å². The molecular formula is C14H19NO3. The van der Waals surface area contributed by atoms with E-state index in [0.717, 1.165) is 29.9 Å². The van der Waals surface area contributed by atoms with E-state index in [0.29, 0.717) is 0 Å². The fraction of sp³-hybridized carbons (Fsp3) is 0.500. The minimum absolute atomic E-state index is 0.0565. The van der Waals surface area contributed by atoms with Crippen molar-refractivity contribution in [3.05, 3.63) is 23.8 Å². The molecule has 1 fully saturated rings. The van der Waals surface area contributed by atoms with Crippen molar-refractivity contribution < 1.29 is 14.3 Å². The molecule has 0 saturated heterocycles. The quantitative estimate of drug-likeness (QED) is 0.871. The second kappa shape index (κ2) is 5.29. The second-order valence-electron chi connectivity index (χ2n) is 4.61. The number of ether oxygens (including phenoxy) is 2. The molecule has 0 heterocycles. The van der Waals surface area contributed by atoms with Gasteiger partial charge < -0.3 is 14.8 Å². The molecule has 0 bridgehead atoms. The van der Waals surface area contributed by atoms with Crippen molar-refractivity contribution in [1.82, 2.24) is 5.32 Å². The second-order valence-corrected chi connectivity index (χ2v) is 4.61. The van der Waals surface area contributed by atoms with E-state index in [2.05, 4.69) is 5.32 Å². The summed E-state index contributed by atoms with van der Waals surface area (Å²) in [6.45, 7) is 1.96. The SMILES string of the molecule is COc1ccc(C(C)NC(=O)C2CC2)c(OC)c1. The molecule has 1 aliphatic carbocycles. The van der Waals surface area contributed by atoms with Gasteiger partial charge in [-0.3, -0.25) is 4.79 Å². The standard InChI is InChI=1S/C14H19NO3/c1-9(15-14(16)10-4-5-10)12-7-6-11(17-2)8-13(12)18-3/h6-10H,4-5H2,1-3H3,(H,15,16). The van der Waals surface area contributed by atoms with E-state index < -0.39 is 0 Å². The molecule has 0 aliphatic heterocycles. The molecule has 0 aromatic heterocycles. The van der Waals surface area contributed by atoms with Gasteiger partial charge in [0.05, 0.1) is 20.3 Å². The summed E-state index contributed by atoms with van der Waals surface area (Å²) in [5.74, 6) is 1.84. The number of nitrogens with one attached hydrogen (secondary N) is 1. The Bertz CT molecular complexity index is 441. The van der Waals surface area contributed by atoms with Gasteiger partial charge in [0.15, 0.2) is 0 Å². The molecule has 1 saturated carbocycles. The number of hydrogen-bond acceptors (Lipinski definition) is 3. The number of methoxy groups -OCH3 is 2. The molecule has 1 aromatic carbocycles. The predicted molar refractivity (Wildman–Crippen MR) is 68.8 cm³/mol. The summed E-state index contributed by atoms with van der Waals surface area (Å²) >= 11 is 0. The fourth-order valence-corrected chi connectivity index (χ4v) is 1.93. The molecule has 1 aromatic rings. The Morgan fingerprint density at radius 1 is 1.33 bits per heavy atom. The summed E-state index contributed by atoms with van der Waals surface area (Å²) in [5, 5.41) is 3.01. The highest BCUT2D eigenvalue weighted by Crippen LogP contribution is 2.32. The van der Waals surface area contributed by atoms with Crippen LogP contribution in [0.1, 0.15) is 31.4 Å². The summed E-state index contributed by atoms with van der Waals surface area (Å²) in [7, 11) is 3.24. The van der Waals surface area contributed by atoms with Crippen LogP contribution in [0.2, 0.25) is 0 Å². The Morgan fingerprint density at radius 2 is 2.06 bits per heavy atom. The number of rotatable bonds is 5. The van der Waals surface area contributed by atoms with Gasteiger partial charge in [0.1, 0.15) is 11.5 Å². The lowest BCUT2D eigenvalue weighted by Crippen LogP contribution is -2.28. The molecule has 98 valence electrons. The number of benzene rings is 1. The van der Waals surface area contributed by atoms with Crippen LogP contribution in [0.3, 0.4) is 0 Å². The molecular weight excluding hydrogens is 230 g/mol. The third-order valence-electron chi connectivity index (χ3n) is 3.21. The zero-order valence-electron chi connectivity index (χ0n) is 11.0. The third kappa shape index (κ3) is 2.75. The van der Waals surface area contributed by atoms with Crippen LogP contribution in [0.25, 0.3) is 0 Å². The molecule has 1 aliphatic rings. The van der Waals surface area contributed by atoms with Crippen LogP contribution in [-0.2, 0) is 4.79 Å². The Hall–Kier alpha value is -1.71. The van der Waals surface area contributed by atoms with Gasteiger partial charge in [-0.05, 0) is 31.9 Å². The van der Waals surface area contributed by atoms with Crippen LogP contribution in [0.15, 0.2) is 18.2 Å². The Morgan fingerprint density at radius 3 is 2.61 bits per heavy atom. The minimum atomic E-state index is -0.0565. The van der Waals surface area contributed by atoms with Crippen molar-refractivity contribution >= 4 is 5.91 Å². The Kier molecular flexibility index (Phi) is 3.75. The third-order valence-corrected chi connectivity index (χ3v) is 3.21. The first kappa shape index (κ1) is 12.7. The highest BCUT2D eigenvalue weighted by atomic mass is 16.5. The molecule has 1 atom stereocenters. The lowest BCUT2D eigenvalue weighted by molar-refractivity contribution is -0.122. The van der Waals surface area contributed by atoms with E-state index in [4.69, 9.17) is 9.47 Å². The lowest BCUT2D eigenvalue weighted by Gasteiger charge is -2.18. The summed E-state index contributed by atoms with van der Waals surface area (Å²) in [6, 6.07) is 5.57. The molecule has 2 rings (SSSR count). The normalized spacial score (nSPS) is 15.9. The Labute approximate surface area is 107 Å². The van der Waals surface area contributed by atoms with Crippen LogP contribution >= 0.6 is 0 Å². The molecule has 1 N–H and O–H groups in total. The molecule has 4 heteroatoms. The van der Waals surface area contributed by atoms with Crippen molar-refractivity contribution in [3.8, 4) is 11.5 Å². The largest absolute Gasteiger partial charge is 0.497 e. The van der Waals surface area contributed by atoms with Gasteiger partial charge in [0.2, 0.25) is 5.91 Å². The molecule has 18 heavy (non-hydrogen) atoms. The van der Waals surface area contributed by atoms with Gasteiger partial charge in [0, 0.05) is 17.5 Å².